The number of fused-ring (bicyclic) bond motifs is 1. The summed E-state index contributed by atoms with van der Waals surface area (Å²) in [5, 5.41) is 13.5. The van der Waals surface area contributed by atoms with Gasteiger partial charge in [-0.2, -0.15) is 0 Å². The number of tetrazole rings is 1. The summed E-state index contributed by atoms with van der Waals surface area (Å²) in [7, 11) is 0. The predicted molar refractivity (Wildman–Crippen MR) is 106 cm³/mol. The molecule has 2 aromatic carbocycles. The van der Waals surface area contributed by atoms with Crippen molar-refractivity contribution in [1.82, 2.24) is 20.2 Å². The Hall–Kier alpha value is -2.24. The highest BCUT2D eigenvalue weighted by molar-refractivity contribution is 6.30. The molecule has 1 aliphatic heterocycles. The van der Waals surface area contributed by atoms with Crippen LogP contribution in [-0.2, 0) is 18.5 Å². The quantitative estimate of drug-likeness (QED) is 0.757. The summed E-state index contributed by atoms with van der Waals surface area (Å²) in [6.07, 6.45) is 1.06. The van der Waals surface area contributed by atoms with Crippen LogP contribution in [0.2, 0.25) is 5.02 Å². The molecular formula is C21H25ClN5+. The van der Waals surface area contributed by atoms with Crippen LogP contribution >= 0.6 is 11.6 Å². The van der Waals surface area contributed by atoms with E-state index in [0.29, 0.717) is 0 Å². The van der Waals surface area contributed by atoms with Crippen molar-refractivity contribution in [3.05, 3.63) is 76.1 Å². The summed E-state index contributed by atoms with van der Waals surface area (Å²) in [4.78, 5) is 1.45. The molecule has 3 aromatic rings. The largest absolute Gasteiger partial charge is 0.318 e. The SMILES string of the molecule is CC(C)(C)n1nnnc1[C@H](c1ccc(Cl)cc1)[NH+]1CCc2ccccc2C1. The number of aromatic nitrogens is 4. The molecule has 0 radical (unpaired) electrons. The lowest BCUT2D eigenvalue weighted by atomic mass is 9.95. The van der Waals surface area contributed by atoms with Gasteiger partial charge in [-0.1, -0.05) is 48.0 Å². The lowest BCUT2D eigenvalue weighted by Crippen LogP contribution is -3.12. The van der Waals surface area contributed by atoms with Gasteiger partial charge in [0, 0.05) is 22.6 Å². The fourth-order valence-corrected chi connectivity index (χ4v) is 4.05. The lowest BCUT2D eigenvalue weighted by Gasteiger charge is -2.33. The van der Waals surface area contributed by atoms with Crippen molar-refractivity contribution in [2.45, 2.75) is 45.3 Å². The van der Waals surface area contributed by atoms with Crippen molar-refractivity contribution in [2.75, 3.05) is 6.54 Å². The maximum atomic E-state index is 6.15. The number of nitrogens with one attached hydrogen (secondary N) is 1. The van der Waals surface area contributed by atoms with Gasteiger partial charge in [-0.05, 0) is 48.9 Å². The van der Waals surface area contributed by atoms with Gasteiger partial charge >= 0.3 is 0 Å². The van der Waals surface area contributed by atoms with Gasteiger partial charge in [-0.25, -0.2) is 4.68 Å². The van der Waals surface area contributed by atoms with E-state index >= 15 is 0 Å². The minimum atomic E-state index is -0.184. The van der Waals surface area contributed by atoms with Crippen molar-refractivity contribution >= 4 is 11.6 Å². The van der Waals surface area contributed by atoms with E-state index in [1.54, 1.807) is 0 Å². The van der Waals surface area contributed by atoms with Gasteiger partial charge in [0.2, 0.25) is 5.82 Å². The first-order valence-corrected chi connectivity index (χ1v) is 9.77. The summed E-state index contributed by atoms with van der Waals surface area (Å²) in [5.74, 6) is 0.902. The molecule has 1 N–H and O–H groups in total. The molecule has 0 aliphatic carbocycles. The normalized spacial score (nSPS) is 18.1. The Bertz CT molecular complexity index is 926. The van der Waals surface area contributed by atoms with Crippen molar-refractivity contribution in [3.63, 3.8) is 0 Å². The highest BCUT2D eigenvalue weighted by Crippen LogP contribution is 2.24. The maximum Gasteiger partial charge on any atom is 0.214 e. The summed E-state index contributed by atoms with van der Waals surface area (Å²) >= 11 is 6.15. The van der Waals surface area contributed by atoms with Gasteiger partial charge in [0.1, 0.15) is 6.54 Å². The van der Waals surface area contributed by atoms with Crippen LogP contribution in [0, 0.1) is 0 Å². The number of benzene rings is 2. The Kier molecular flexibility index (Phi) is 4.74. The summed E-state index contributed by atoms with van der Waals surface area (Å²) in [6, 6.07) is 16.9. The first-order valence-electron chi connectivity index (χ1n) is 9.39. The Morgan fingerprint density at radius 3 is 2.44 bits per heavy atom. The molecule has 0 amide bonds. The molecule has 4 rings (SSSR count). The molecular weight excluding hydrogens is 358 g/mol. The first-order chi connectivity index (χ1) is 12.9. The van der Waals surface area contributed by atoms with Gasteiger partial charge in [0.25, 0.3) is 0 Å². The van der Waals surface area contributed by atoms with Gasteiger partial charge in [0.15, 0.2) is 6.04 Å². The molecule has 0 saturated heterocycles. The van der Waals surface area contributed by atoms with E-state index in [0.717, 1.165) is 30.4 Å². The molecule has 2 heterocycles. The third kappa shape index (κ3) is 3.62. The third-order valence-corrected chi connectivity index (χ3v) is 5.50. The van der Waals surface area contributed by atoms with E-state index < -0.39 is 0 Å². The van der Waals surface area contributed by atoms with Crippen molar-refractivity contribution in [3.8, 4) is 0 Å². The minimum absolute atomic E-state index is 0.0600. The fraction of sp³-hybridized carbons (Fsp3) is 0.381. The molecule has 1 aromatic heterocycles. The van der Waals surface area contributed by atoms with Gasteiger partial charge in [-0.3, -0.25) is 0 Å². The highest BCUT2D eigenvalue weighted by Gasteiger charge is 2.36. The second-order valence-corrected chi connectivity index (χ2v) is 8.64. The van der Waals surface area contributed by atoms with Crippen LogP contribution in [0.15, 0.2) is 48.5 Å². The summed E-state index contributed by atoms with van der Waals surface area (Å²) in [6.45, 7) is 8.40. The van der Waals surface area contributed by atoms with Gasteiger partial charge in [0.05, 0.1) is 12.1 Å². The minimum Gasteiger partial charge on any atom is -0.318 e. The molecule has 0 bridgehead atoms. The van der Waals surface area contributed by atoms with E-state index in [9.17, 15) is 0 Å². The number of halogens is 1. The molecule has 2 atom stereocenters. The van der Waals surface area contributed by atoms with E-state index in [1.165, 1.54) is 21.6 Å². The Morgan fingerprint density at radius 2 is 1.74 bits per heavy atom. The van der Waals surface area contributed by atoms with E-state index in [2.05, 4.69) is 72.7 Å². The smallest absolute Gasteiger partial charge is 0.214 e. The molecule has 0 spiro atoms. The Balaban J connectivity index is 1.78. The number of nitrogens with zero attached hydrogens (tertiary/aromatic N) is 4. The third-order valence-electron chi connectivity index (χ3n) is 5.25. The van der Waals surface area contributed by atoms with Crippen LogP contribution in [0.1, 0.15) is 49.3 Å². The van der Waals surface area contributed by atoms with E-state index in [-0.39, 0.29) is 11.6 Å². The summed E-state index contributed by atoms with van der Waals surface area (Å²) in [5.41, 5.74) is 3.87. The highest BCUT2D eigenvalue weighted by atomic mass is 35.5. The van der Waals surface area contributed by atoms with Crippen LogP contribution in [0.3, 0.4) is 0 Å². The number of rotatable bonds is 3. The molecule has 0 fully saturated rings. The second kappa shape index (κ2) is 7.06. The van der Waals surface area contributed by atoms with Gasteiger partial charge in [-0.15, -0.1) is 5.10 Å². The second-order valence-electron chi connectivity index (χ2n) is 8.21. The zero-order valence-electron chi connectivity index (χ0n) is 16.0. The molecule has 0 saturated carbocycles. The molecule has 6 heteroatoms. The Labute approximate surface area is 165 Å². The lowest BCUT2D eigenvalue weighted by molar-refractivity contribution is -0.941. The fourth-order valence-electron chi connectivity index (χ4n) is 3.92. The van der Waals surface area contributed by atoms with Crippen LogP contribution in [0.5, 0.6) is 0 Å². The van der Waals surface area contributed by atoms with Crippen molar-refractivity contribution in [2.24, 2.45) is 0 Å². The average Bonchev–Trinajstić information content (AvgIpc) is 3.13. The van der Waals surface area contributed by atoms with Crippen LogP contribution in [-0.4, -0.2) is 26.8 Å². The zero-order valence-corrected chi connectivity index (χ0v) is 16.7. The number of hydrogen-bond acceptors (Lipinski definition) is 3. The molecule has 27 heavy (non-hydrogen) atoms. The standard InChI is InChI=1S/C21H24ClN5/c1-21(2,3)27-20(23-24-25-27)19(16-8-10-18(22)11-9-16)26-13-12-15-6-4-5-7-17(15)14-26/h4-11,19H,12-14H2,1-3H3/p+1/t19-/m0/s1. The van der Waals surface area contributed by atoms with Crippen LogP contribution in [0.25, 0.3) is 0 Å². The molecule has 1 aliphatic rings. The summed E-state index contributed by atoms with van der Waals surface area (Å²) < 4.78 is 1.96. The monoisotopic (exact) mass is 382 g/mol. The predicted octanol–water partition coefficient (Wildman–Crippen LogP) is 2.81. The molecule has 5 nitrogen and oxygen atoms in total. The van der Waals surface area contributed by atoms with Crippen molar-refractivity contribution in [1.29, 1.82) is 0 Å². The van der Waals surface area contributed by atoms with E-state index in [4.69, 9.17) is 11.6 Å². The van der Waals surface area contributed by atoms with Crippen LogP contribution in [0.4, 0.5) is 0 Å². The number of hydrogen-bond donors (Lipinski definition) is 1. The van der Waals surface area contributed by atoms with Crippen molar-refractivity contribution < 1.29 is 4.90 Å². The van der Waals surface area contributed by atoms with E-state index in [1.807, 2.05) is 16.8 Å². The number of quaternary nitrogens is 1. The first kappa shape index (κ1) is 18.1. The Morgan fingerprint density at radius 1 is 1.04 bits per heavy atom. The van der Waals surface area contributed by atoms with Gasteiger partial charge < -0.3 is 4.90 Å². The maximum absolute atomic E-state index is 6.15. The van der Waals surface area contributed by atoms with Crippen LogP contribution < -0.4 is 4.90 Å². The zero-order chi connectivity index (χ0) is 19.0. The average molecular weight is 383 g/mol. The molecule has 140 valence electrons. The topological polar surface area (TPSA) is 48.0 Å². The molecule has 1 unspecified atom stereocenters.